The Balaban J connectivity index is 3.08. The predicted molar refractivity (Wildman–Crippen MR) is 64.3 cm³/mol. The Morgan fingerprint density at radius 1 is 1.38 bits per heavy atom. The van der Waals surface area contributed by atoms with Crippen molar-refractivity contribution in [1.82, 2.24) is 0 Å². The normalized spacial score (nSPS) is 15.8. The van der Waals surface area contributed by atoms with Gasteiger partial charge in [0.2, 0.25) is 0 Å². The van der Waals surface area contributed by atoms with Gasteiger partial charge in [-0.25, -0.2) is 8.42 Å². The first-order valence-electron chi connectivity index (χ1n) is 4.58. The van der Waals surface area contributed by atoms with Gasteiger partial charge in [0.25, 0.3) is 0 Å². The largest absolute Gasteiger partial charge is 0.389 e. The quantitative estimate of drug-likeness (QED) is 0.810. The highest BCUT2D eigenvalue weighted by Gasteiger charge is 2.18. The minimum Gasteiger partial charge on any atom is -0.389 e. The third kappa shape index (κ3) is 3.28. The number of halogens is 1. The fourth-order valence-electron chi connectivity index (χ4n) is 1.24. The lowest BCUT2D eigenvalue weighted by Crippen LogP contribution is -2.19. The van der Waals surface area contributed by atoms with E-state index in [1.54, 1.807) is 6.07 Å². The molecule has 0 aliphatic heterocycles. The summed E-state index contributed by atoms with van der Waals surface area (Å²) in [5.74, 6) is 0. The van der Waals surface area contributed by atoms with Gasteiger partial charge in [0.05, 0.1) is 11.0 Å². The summed E-state index contributed by atoms with van der Waals surface area (Å²) in [4.78, 5) is 0.130. The molecule has 0 radical (unpaired) electrons. The van der Waals surface area contributed by atoms with Gasteiger partial charge < -0.3 is 10.2 Å². The van der Waals surface area contributed by atoms with Crippen molar-refractivity contribution >= 4 is 25.8 Å². The van der Waals surface area contributed by atoms with Gasteiger partial charge in [-0.3, -0.25) is 0 Å². The third-order valence-corrected chi connectivity index (χ3v) is 3.92. The predicted octanol–water partition coefficient (Wildman–Crippen LogP) is 0.879. The van der Waals surface area contributed by atoms with E-state index in [2.05, 4.69) is 15.9 Å². The summed E-state index contributed by atoms with van der Waals surface area (Å²) in [5.41, 5.74) is 0.384. The van der Waals surface area contributed by atoms with Gasteiger partial charge in [-0.05, 0) is 17.7 Å². The maximum atomic E-state index is 11.3. The molecule has 0 aliphatic rings. The topological polar surface area (TPSA) is 74.6 Å². The number of sulfone groups is 1. The van der Waals surface area contributed by atoms with Crippen molar-refractivity contribution in [3.05, 3.63) is 29.8 Å². The lowest BCUT2D eigenvalue weighted by Gasteiger charge is -2.16. The van der Waals surface area contributed by atoms with E-state index >= 15 is 0 Å². The van der Waals surface area contributed by atoms with E-state index in [9.17, 15) is 18.6 Å². The Morgan fingerprint density at radius 3 is 2.50 bits per heavy atom. The number of hydrogen-bond donors (Lipinski definition) is 2. The van der Waals surface area contributed by atoms with E-state index in [1.165, 1.54) is 18.2 Å². The number of alkyl halides is 1. The fourth-order valence-corrected chi connectivity index (χ4v) is 2.27. The molecule has 0 aliphatic carbocycles. The lowest BCUT2D eigenvalue weighted by molar-refractivity contribution is 0.0341. The SMILES string of the molecule is CS(=O)(=O)c1cccc(C(O)C(O)CBr)c1. The highest BCUT2D eigenvalue weighted by Crippen LogP contribution is 2.21. The zero-order valence-electron chi connectivity index (χ0n) is 8.67. The zero-order chi connectivity index (χ0) is 12.3. The van der Waals surface area contributed by atoms with Crippen LogP contribution in [0.1, 0.15) is 11.7 Å². The van der Waals surface area contributed by atoms with Crippen LogP contribution in [-0.2, 0) is 9.84 Å². The second-order valence-corrected chi connectivity index (χ2v) is 6.17. The van der Waals surface area contributed by atoms with Crippen LogP contribution in [-0.4, -0.2) is 36.3 Å². The molecule has 0 aromatic heterocycles. The molecule has 0 amide bonds. The summed E-state index contributed by atoms with van der Waals surface area (Å²) in [6.07, 6.45) is -0.963. The van der Waals surface area contributed by atoms with Gasteiger partial charge in [0, 0.05) is 11.6 Å². The fraction of sp³-hybridized carbons (Fsp3) is 0.400. The summed E-state index contributed by atoms with van der Waals surface area (Å²) in [5, 5.41) is 19.4. The van der Waals surface area contributed by atoms with Crippen LogP contribution in [0.3, 0.4) is 0 Å². The van der Waals surface area contributed by atoms with Crippen molar-refractivity contribution in [2.24, 2.45) is 0 Å². The second kappa shape index (κ2) is 5.27. The Morgan fingerprint density at radius 2 is 2.00 bits per heavy atom. The molecule has 4 nitrogen and oxygen atoms in total. The van der Waals surface area contributed by atoms with E-state index < -0.39 is 22.0 Å². The van der Waals surface area contributed by atoms with Gasteiger partial charge >= 0.3 is 0 Å². The summed E-state index contributed by atoms with van der Waals surface area (Å²) < 4.78 is 22.6. The van der Waals surface area contributed by atoms with Crippen LogP contribution in [0, 0.1) is 0 Å². The minimum atomic E-state index is -3.30. The lowest BCUT2D eigenvalue weighted by atomic mass is 10.1. The summed E-state index contributed by atoms with van der Waals surface area (Å²) in [7, 11) is -3.30. The molecule has 1 aromatic rings. The van der Waals surface area contributed by atoms with E-state index in [0.717, 1.165) is 6.26 Å². The smallest absolute Gasteiger partial charge is 0.175 e. The number of hydrogen-bond acceptors (Lipinski definition) is 4. The van der Waals surface area contributed by atoms with Gasteiger partial charge in [-0.1, -0.05) is 28.1 Å². The maximum absolute atomic E-state index is 11.3. The first kappa shape index (κ1) is 13.6. The standard InChI is InChI=1S/C10H13BrO4S/c1-16(14,15)8-4-2-3-7(5-8)10(13)9(12)6-11/h2-5,9-10,12-13H,6H2,1H3. The molecule has 6 heteroatoms. The molecular formula is C10H13BrO4S. The average Bonchev–Trinajstić information content (AvgIpc) is 2.26. The average molecular weight is 309 g/mol. The minimum absolute atomic E-state index is 0.130. The Hall–Kier alpha value is -0.430. The number of aliphatic hydroxyl groups excluding tert-OH is 2. The number of rotatable bonds is 4. The molecule has 0 heterocycles. The van der Waals surface area contributed by atoms with Gasteiger partial charge in [0.15, 0.2) is 9.84 Å². The molecule has 1 rings (SSSR count). The van der Waals surface area contributed by atoms with Crippen molar-refractivity contribution in [2.75, 3.05) is 11.6 Å². The van der Waals surface area contributed by atoms with Crippen molar-refractivity contribution in [2.45, 2.75) is 17.1 Å². The first-order chi connectivity index (χ1) is 7.36. The van der Waals surface area contributed by atoms with Crippen LogP contribution in [0.15, 0.2) is 29.2 Å². The van der Waals surface area contributed by atoms with E-state index in [0.29, 0.717) is 5.56 Å². The van der Waals surface area contributed by atoms with E-state index in [1.807, 2.05) is 0 Å². The van der Waals surface area contributed by atoms with Crippen molar-refractivity contribution in [3.63, 3.8) is 0 Å². The summed E-state index contributed by atoms with van der Waals surface area (Å²) >= 11 is 3.04. The molecule has 0 fully saturated rings. The molecule has 0 spiro atoms. The molecule has 0 saturated heterocycles. The Bertz CT molecular complexity index is 458. The zero-order valence-corrected chi connectivity index (χ0v) is 11.1. The summed E-state index contributed by atoms with van der Waals surface area (Å²) in [6.45, 7) is 0. The molecule has 2 atom stereocenters. The number of aliphatic hydroxyl groups is 2. The second-order valence-electron chi connectivity index (χ2n) is 3.51. The highest BCUT2D eigenvalue weighted by atomic mass is 79.9. The van der Waals surface area contributed by atoms with Crippen LogP contribution in [0.2, 0.25) is 0 Å². The summed E-state index contributed by atoms with van der Waals surface area (Å²) in [6, 6.07) is 5.93. The molecule has 2 N–H and O–H groups in total. The highest BCUT2D eigenvalue weighted by molar-refractivity contribution is 9.09. The van der Waals surface area contributed by atoms with Crippen LogP contribution < -0.4 is 0 Å². The molecule has 16 heavy (non-hydrogen) atoms. The Kier molecular flexibility index (Phi) is 4.49. The van der Waals surface area contributed by atoms with Crippen LogP contribution in [0.5, 0.6) is 0 Å². The van der Waals surface area contributed by atoms with Crippen LogP contribution >= 0.6 is 15.9 Å². The van der Waals surface area contributed by atoms with E-state index in [4.69, 9.17) is 0 Å². The molecule has 0 bridgehead atoms. The molecule has 0 saturated carbocycles. The first-order valence-corrected chi connectivity index (χ1v) is 7.59. The van der Waals surface area contributed by atoms with Crippen LogP contribution in [0.4, 0.5) is 0 Å². The molecular weight excluding hydrogens is 296 g/mol. The van der Waals surface area contributed by atoms with Crippen molar-refractivity contribution < 1.29 is 18.6 Å². The number of benzene rings is 1. The third-order valence-electron chi connectivity index (χ3n) is 2.15. The van der Waals surface area contributed by atoms with Crippen molar-refractivity contribution in [3.8, 4) is 0 Å². The molecule has 90 valence electrons. The van der Waals surface area contributed by atoms with Gasteiger partial charge in [0.1, 0.15) is 6.10 Å². The van der Waals surface area contributed by atoms with E-state index in [-0.39, 0.29) is 10.2 Å². The molecule has 1 aromatic carbocycles. The van der Waals surface area contributed by atoms with Gasteiger partial charge in [-0.15, -0.1) is 0 Å². The van der Waals surface area contributed by atoms with Gasteiger partial charge in [-0.2, -0.15) is 0 Å². The van der Waals surface area contributed by atoms with Crippen molar-refractivity contribution in [1.29, 1.82) is 0 Å². The maximum Gasteiger partial charge on any atom is 0.175 e. The Labute approximate surface area is 103 Å². The monoisotopic (exact) mass is 308 g/mol. The molecule has 2 unspecified atom stereocenters. The van der Waals surface area contributed by atoms with Crippen LogP contribution in [0.25, 0.3) is 0 Å².